The van der Waals surface area contributed by atoms with Crippen LogP contribution in [-0.4, -0.2) is 6.36 Å². The lowest BCUT2D eigenvalue weighted by atomic mass is 9.79. The molecule has 0 heterocycles. The highest BCUT2D eigenvalue weighted by atomic mass is 19.4. The van der Waals surface area contributed by atoms with Crippen LogP contribution in [0.25, 0.3) is 0 Å². The molecule has 2 aromatic rings. The second-order valence-electron chi connectivity index (χ2n) is 7.71. The SMILES string of the molecule is CCCCCCc1ccc(C2CCc3cc(OC(F)(F)F)c(F)cc3C2)c(F)c1. The zero-order valence-electron chi connectivity index (χ0n) is 16.4. The van der Waals surface area contributed by atoms with Gasteiger partial charge in [0.2, 0.25) is 0 Å². The fraction of sp³-hybridized carbons (Fsp3) is 0.478. The summed E-state index contributed by atoms with van der Waals surface area (Å²) in [5, 5.41) is 0. The van der Waals surface area contributed by atoms with E-state index in [1.165, 1.54) is 6.42 Å². The van der Waals surface area contributed by atoms with Gasteiger partial charge in [-0.3, -0.25) is 0 Å². The van der Waals surface area contributed by atoms with Gasteiger partial charge >= 0.3 is 6.36 Å². The number of hydrogen-bond acceptors (Lipinski definition) is 1. The molecular formula is C23H25F5O. The predicted molar refractivity (Wildman–Crippen MR) is 102 cm³/mol. The number of aryl methyl sites for hydroxylation is 2. The van der Waals surface area contributed by atoms with Gasteiger partial charge in [0.1, 0.15) is 5.82 Å². The number of hydrogen-bond donors (Lipinski definition) is 0. The van der Waals surface area contributed by atoms with Crippen molar-refractivity contribution in [1.82, 2.24) is 0 Å². The maximum atomic E-state index is 14.7. The summed E-state index contributed by atoms with van der Waals surface area (Å²) in [7, 11) is 0. The normalized spacial score (nSPS) is 16.6. The molecule has 1 aliphatic carbocycles. The van der Waals surface area contributed by atoms with E-state index in [0.29, 0.717) is 36.0 Å². The van der Waals surface area contributed by atoms with E-state index in [1.807, 2.05) is 6.07 Å². The second kappa shape index (κ2) is 9.14. The number of fused-ring (bicyclic) bond motifs is 1. The highest BCUT2D eigenvalue weighted by Crippen LogP contribution is 2.37. The molecule has 0 radical (unpaired) electrons. The van der Waals surface area contributed by atoms with Crippen LogP contribution in [0.1, 0.15) is 67.2 Å². The van der Waals surface area contributed by atoms with Crippen LogP contribution in [0.5, 0.6) is 5.75 Å². The molecule has 6 heteroatoms. The Morgan fingerprint density at radius 1 is 0.966 bits per heavy atom. The Labute approximate surface area is 167 Å². The molecule has 1 nitrogen and oxygen atoms in total. The number of alkyl halides is 3. The monoisotopic (exact) mass is 412 g/mol. The number of rotatable bonds is 7. The van der Waals surface area contributed by atoms with Gasteiger partial charge in [-0.2, -0.15) is 0 Å². The highest BCUT2D eigenvalue weighted by Gasteiger charge is 2.33. The molecular weight excluding hydrogens is 387 g/mol. The Kier molecular flexibility index (Phi) is 6.81. The standard InChI is InChI=1S/C23H25F5O/c1-2-3-4-5-6-15-7-10-19(20(24)11-15)17-9-8-16-14-22(29-23(26,27)28)21(25)13-18(16)12-17/h7,10-11,13-14,17H,2-6,8-9,12H2,1H3. The van der Waals surface area contributed by atoms with E-state index in [2.05, 4.69) is 11.7 Å². The summed E-state index contributed by atoms with van der Waals surface area (Å²) in [6.07, 6.45) is 1.84. The zero-order valence-corrected chi connectivity index (χ0v) is 16.4. The molecule has 0 amide bonds. The first-order valence-electron chi connectivity index (χ1n) is 10.1. The van der Waals surface area contributed by atoms with Crippen LogP contribution < -0.4 is 4.74 Å². The summed E-state index contributed by atoms with van der Waals surface area (Å²) in [6, 6.07) is 7.53. The van der Waals surface area contributed by atoms with Gasteiger partial charge in [-0.25, -0.2) is 8.78 Å². The van der Waals surface area contributed by atoms with E-state index in [0.717, 1.165) is 43.4 Å². The third-order valence-electron chi connectivity index (χ3n) is 5.53. The average molecular weight is 412 g/mol. The van der Waals surface area contributed by atoms with Crippen LogP contribution in [0.2, 0.25) is 0 Å². The first-order valence-corrected chi connectivity index (χ1v) is 10.1. The Balaban J connectivity index is 1.71. The molecule has 1 unspecified atom stereocenters. The van der Waals surface area contributed by atoms with Crippen molar-refractivity contribution in [2.24, 2.45) is 0 Å². The van der Waals surface area contributed by atoms with Crippen molar-refractivity contribution in [2.45, 2.75) is 70.6 Å². The molecule has 3 rings (SSSR count). The Bertz CT molecular complexity index is 844. The van der Waals surface area contributed by atoms with E-state index in [1.54, 1.807) is 12.1 Å². The Morgan fingerprint density at radius 3 is 2.45 bits per heavy atom. The smallest absolute Gasteiger partial charge is 0.403 e. The predicted octanol–water partition coefficient (Wildman–Crippen LogP) is 7.26. The minimum Gasteiger partial charge on any atom is -0.403 e. The van der Waals surface area contributed by atoms with Crippen LogP contribution in [0.4, 0.5) is 22.0 Å². The van der Waals surface area contributed by atoms with Crippen molar-refractivity contribution in [3.8, 4) is 5.75 Å². The van der Waals surface area contributed by atoms with Crippen molar-refractivity contribution < 1.29 is 26.7 Å². The summed E-state index contributed by atoms with van der Waals surface area (Å²) in [4.78, 5) is 0. The van der Waals surface area contributed by atoms with Gasteiger partial charge in [-0.15, -0.1) is 13.2 Å². The van der Waals surface area contributed by atoms with Crippen molar-refractivity contribution in [2.75, 3.05) is 0 Å². The minimum absolute atomic E-state index is 0.120. The number of halogens is 5. The lowest BCUT2D eigenvalue weighted by Gasteiger charge is -2.26. The van der Waals surface area contributed by atoms with Crippen LogP contribution in [0, 0.1) is 11.6 Å². The summed E-state index contributed by atoms with van der Waals surface area (Å²) >= 11 is 0. The molecule has 29 heavy (non-hydrogen) atoms. The number of ether oxygens (including phenoxy) is 1. The first kappa shape index (κ1) is 21.6. The number of unbranched alkanes of at least 4 members (excludes halogenated alkanes) is 3. The molecule has 0 N–H and O–H groups in total. The van der Waals surface area contributed by atoms with Crippen LogP contribution >= 0.6 is 0 Å². The van der Waals surface area contributed by atoms with E-state index in [-0.39, 0.29) is 11.7 Å². The van der Waals surface area contributed by atoms with Crippen molar-refractivity contribution in [3.63, 3.8) is 0 Å². The number of benzene rings is 2. The molecule has 0 spiro atoms. The molecule has 2 aromatic carbocycles. The average Bonchev–Trinajstić information content (AvgIpc) is 2.65. The third kappa shape index (κ3) is 5.71. The zero-order chi connectivity index (χ0) is 21.0. The molecule has 0 aromatic heterocycles. The lowest BCUT2D eigenvalue weighted by Crippen LogP contribution is -2.19. The third-order valence-corrected chi connectivity index (χ3v) is 5.53. The van der Waals surface area contributed by atoms with Crippen molar-refractivity contribution in [1.29, 1.82) is 0 Å². The van der Waals surface area contributed by atoms with Gasteiger partial charge < -0.3 is 4.74 Å². The molecule has 158 valence electrons. The van der Waals surface area contributed by atoms with Gasteiger partial charge in [-0.1, -0.05) is 38.3 Å². The molecule has 0 saturated heterocycles. The van der Waals surface area contributed by atoms with Crippen LogP contribution in [-0.2, 0) is 19.3 Å². The second-order valence-corrected chi connectivity index (χ2v) is 7.71. The van der Waals surface area contributed by atoms with Crippen LogP contribution in [0.3, 0.4) is 0 Å². The first-order chi connectivity index (χ1) is 13.8. The summed E-state index contributed by atoms with van der Waals surface area (Å²) in [5.74, 6) is -2.24. The van der Waals surface area contributed by atoms with Crippen molar-refractivity contribution in [3.05, 3.63) is 64.2 Å². The molecule has 1 atom stereocenters. The summed E-state index contributed by atoms with van der Waals surface area (Å²) < 4.78 is 69.7. The fourth-order valence-electron chi connectivity index (χ4n) is 4.04. The molecule has 1 aliphatic rings. The highest BCUT2D eigenvalue weighted by molar-refractivity contribution is 5.41. The van der Waals surface area contributed by atoms with E-state index >= 15 is 0 Å². The van der Waals surface area contributed by atoms with Crippen LogP contribution in [0.15, 0.2) is 30.3 Å². The maximum absolute atomic E-state index is 14.7. The van der Waals surface area contributed by atoms with E-state index in [9.17, 15) is 22.0 Å². The Hall–Kier alpha value is -2.11. The van der Waals surface area contributed by atoms with Gasteiger partial charge in [0.05, 0.1) is 0 Å². The Morgan fingerprint density at radius 2 is 1.76 bits per heavy atom. The molecule has 0 fully saturated rings. The van der Waals surface area contributed by atoms with E-state index in [4.69, 9.17) is 0 Å². The topological polar surface area (TPSA) is 9.23 Å². The lowest BCUT2D eigenvalue weighted by molar-refractivity contribution is -0.275. The summed E-state index contributed by atoms with van der Waals surface area (Å²) in [5.41, 5.74) is 2.79. The van der Waals surface area contributed by atoms with Gasteiger partial charge in [0, 0.05) is 0 Å². The van der Waals surface area contributed by atoms with Gasteiger partial charge in [0.25, 0.3) is 0 Å². The van der Waals surface area contributed by atoms with Gasteiger partial charge in [0.15, 0.2) is 11.6 Å². The van der Waals surface area contributed by atoms with Gasteiger partial charge in [-0.05, 0) is 78.5 Å². The summed E-state index contributed by atoms with van der Waals surface area (Å²) in [6.45, 7) is 2.15. The van der Waals surface area contributed by atoms with E-state index < -0.39 is 17.9 Å². The quantitative estimate of drug-likeness (QED) is 0.344. The maximum Gasteiger partial charge on any atom is 0.573 e. The molecule has 0 aliphatic heterocycles. The fourth-order valence-corrected chi connectivity index (χ4v) is 4.04. The van der Waals surface area contributed by atoms with Crippen molar-refractivity contribution >= 4 is 0 Å². The largest absolute Gasteiger partial charge is 0.573 e. The molecule has 0 saturated carbocycles. The minimum atomic E-state index is -4.94. The molecule has 0 bridgehead atoms.